The molecule has 0 aromatic heterocycles. The summed E-state index contributed by atoms with van der Waals surface area (Å²) in [4.78, 5) is 0. The van der Waals surface area contributed by atoms with Gasteiger partial charge in [-0.1, -0.05) is 50.5 Å². The molecule has 0 aliphatic heterocycles. The molecular weight excluding hydrogens is 208 g/mol. The van der Waals surface area contributed by atoms with Gasteiger partial charge in [-0.2, -0.15) is 0 Å². The predicted octanol–water partition coefficient (Wildman–Crippen LogP) is 4.05. The van der Waals surface area contributed by atoms with Gasteiger partial charge in [-0.25, -0.2) is 0 Å². The quantitative estimate of drug-likeness (QED) is 0.830. The highest BCUT2D eigenvalue weighted by Gasteiger charge is 2.24. The molecule has 0 spiro atoms. The first-order chi connectivity index (χ1) is 8.31. The van der Waals surface area contributed by atoms with Crippen molar-refractivity contribution in [3.8, 4) is 0 Å². The SMILES string of the molecule is CCCCc1ccc([C@@H]2CCCC[C@H]2O)cc1. The van der Waals surface area contributed by atoms with Crippen molar-refractivity contribution < 1.29 is 5.11 Å². The summed E-state index contributed by atoms with van der Waals surface area (Å²) < 4.78 is 0. The molecule has 1 aliphatic carbocycles. The third-order valence-electron chi connectivity index (χ3n) is 3.96. The second-order valence-corrected chi connectivity index (χ2v) is 5.30. The maximum Gasteiger partial charge on any atom is 0.0608 e. The second-order valence-electron chi connectivity index (χ2n) is 5.30. The lowest BCUT2D eigenvalue weighted by molar-refractivity contribution is 0.106. The minimum Gasteiger partial charge on any atom is -0.392 e. The normalized spacial score (nSPS) is 24.8. The van der Waals surface area contributed by atoms with E-state index in [1.165, 1.54) is 43.2 Å². The highest BCUT2D eigenvalue weighted by atomic mass is 16.3. The molecule has 2 rings (SSSR count). The van der Waals surface area contributed by atoms with E-state index in [-0.39, 0.29) is 6.10 Å². The van der Waals surface area contributed by atoms with Crippen molar-refractivity contribution in [2.24, 2.45) is 0 Å². The Hall–Kier alpha value is -0.820. The third kappa shape index (κ3) is 3.32. The molecule has 0 radical (unpaired) electrons. The molecule has 1 heteroatoms. The molecule has 0 unspecified atom stereocenters. The number of hydrogen-bond donors (Lipinski definition) is 1. The van der Waals surface area contributed by atoms with Gasteiger partial charge in [0.1, 0.15) is 0 Å². The average molecular weight is 232 g/mol. The molecule has 0 saturated heterocycles. The van der Waals surface area contributed by atoms with Crippen molar-refractivity contribution in [2.75, 3.05) is 0 Å². The average Bonchev–Trinajstić information content (AvgIpc) is 2.38. The molecule has 0 heterocycles. The summed E-state index contributed by atoms with van der Waals surface area (Å²) in [6.45, 7) is 2.23. The van der Waals surface area contributed by atoms with Crippen molar-refractivity contribution in [2.45, 2.75) is 63.9 Å². The highest BCUT2D eigenvalue weighted by Crippen LogP contribution is 2.33. The largest absolute Gasteiger partial charge is 0.392 e. The first kappa shape index (κ1) is 12.6. The van der Waals surface area contributed by atoms with Gasteiger partial charge in [-0.15, -0.1) is 0 Å². The lowest BCUT2D eigenvalue weighted by Gasteiger charge is -2.28. The lowest BCUT2D eigenvalue weighted by atomic mass is 9.81. The van der Waals surface area contributed by atoms with Gasteiger partial charge in [0, 0.05) is 5.92 Å². The van der Waals surface area contributed by atoms with E-state index in [1.807, 2.05) is 0 Å². The van der Waals surface area contributed by atoms with Gasteiger partial charge in [-0.3, -0.25) is 0 Å². The maximum atomic E-state index is 10.0. The number of unbranched alkanes of at least 4 members (excludes halogenated alkanes) is 1. The first-order valence-electron chi connectivity index (χ1n) is 7.08. The Kier molecular flexibility index (Phi) is 4.61. The van der Waals surface area contributed by atoms with Crippen molar-refractivity contribution in [1.29, 1.82) is 0 Å². The Morgan fingerprint density at radius 3 is 2.47 bits per heavy atom. The van der Waals surface area contributed by atoms with E-state index < -0.39 is 0 Å². The minimum atomic E-state index is -0.120. The van der Waals surface area contributed by atoms with Crippen LogP contribution < -0.4 is 0 Å². The molecule has 17 heavy (non-hydrogen) atoms. The summed E-state index contributed by atoms with van der Waals surface area (Å²) in [5, 5.41) is 10.0. The summed E-state index contributed by atoms with van der Waals surface area (Å²) in [6, 6.07) is 8.94. The Morgan fingerprint density at radius 1 is 1.12 bits per heavy atom. The topological polar surface area (TPSA) is 20.2 Å². The van der Waals surface area contributed by atoms with Crippen LogP contribution in [0, 0.1) is 0 Å². The van der Waals surface area contributed by atoms with Crippen LogP contribution in [0.4, 0.5) is 0 Å². The third-order valence-corrected chi connectivity index (χ3v) is 3.96. The lowest BCUT2D eigenvalue weighted by Crippen LogP contribution is -2.22. The molecule has 1 nitrogen and oxygen atoms in total. The molecule has 1 aliphatic rings. The van der Waals surface area contributed by atoms with Gasteiger partial charge in [0.05, 0.1) is 6.10 Å². The predicted molar refractivity (Wildman–Crippen MR) is 72.3 cm³/mol. The molecular formula is C16H24O. The van der Waals surface area contributed by atoms with E-state index in [4.69, 9.17) is 0 Å². The van der Waals surface area contributed by atoms with Gasteiger partial charge < -0.3 is 5.11 Å². The summed E-state index contributed by atoms with van der Waals surface area (Å²) in [5.74, 6) is 0.379. The zero-order valence-corrected chi connectivity index (χ0v) is 10.9. The standard InChI is InChI=1S/C16H24O/c1-2-3-6-13-9-11-14(12-10-13)15-7-4-5-8-16(15)17/h9-12,15-17H,2-8H2,1H3/t15-,16+/m0/s1. The van der Waals surface area contributed by atoms with Crippen molar-refractivity contribution in [3.63, 3.8) is 0 Å². The number of aliphatic hydroxyl groups excluding tert-OH is 1. The molecule has 94 valence electrons. The fraction of sp³-hybridized carbons (Fsp3) is 0.625. The molecule has 1 N–H and O–H groups in total. The van der Waals surface area contributed by atoms with Crippen LogP contribution in [0.2, 0.25) is 0 Å². The second kappa shape index (κ2) is 6.20. The van der Waals surface area contributed by atoms with Crippen molar-refractivity contribution in [3.05, 3.63) is 35.4 Å². The first-order valence-corrected chi connectivity index (χ1v) is 7.08. The van der Waals surface area contributed by atoms with E-state index in [0.717, 1.165) is 12.8 Å². The van der Waals surface area contributed by atoms with Crippen LogP contribution in [0.15, 0.2) is 24.3 Å². The molecule has 1 aromatic rings. The van der Waals surface area contributed by atoms with Gasteiger partial charge in [0.15, 0.2) is 0 Å². The molecule has 1 aromatic carbocycles. The van der Waals surface area contributed by atoms with E-state index in [2.05, 4.69) is 31.2 Å². The molecule has 0 amide bonds. The minimum absolute atomic E-state index is 0.120. The van der Waals surface area contributed by atoms with Crippen LogP contribution in [-0.2, 0) is 6.42 Å². The maximum absolute atomic E-state index is 10.0. The van der Waals surface area contributed by atoms with Crippen LogP contribution in [0.25, 0.3) is 0 Å². The number of rotatable bonds is 4. The van der Waals surface area contributed by atoms with Gasteiger partial charge >= 0.3 is 0 Å². The fourth-order valence-electron chi connectivity index (χ4n) is 2.81. The smallest absolute Gasteiger partial charge is 0.0608 e. The fourth-order valence-corrected chi connectivity index (χ4v) is 2.81. The van der Waals surface area contributed by atoms with E-state index >= 15 is 0 Å². The van der Waals surface area contributed by atoms with E-state index in [1.54, 1.807) is 0 Å². The Balaban J connectivity index is 2.01. The van der Waals surface area contributed by atoms with Crippen LogP contribution in [0.5, 0.6) is 0 Å². The molecule has 0 bridgehead atoms. The van der Waals surface area contributed by atoms with E-state index in [9.17, 15) is 5.11 Å². The zero-order valence-electron chi connectivity index (χ0n) is 10.9. The summed E-state index contributed by atoms with van der Waals surface area (Å²) in [5.41, 5.74) is 2.76. The summed E-state index contributed by atoms with van der Waals surface area (Å²) in [7, 11) is 0. The molecule has 2 atom stereocenters. The summed E-state index contributed by atoms with van der Waals surface area (Å²) in [6.07, 6.45) is 8.16. The number of hydrogen-bond acceptors (Lipinski definition) is 1. The Labute approximate surface area is 105 Å². The molecule has 1 saturated carbocycles. The highest BCUT2D eigenvalue weighted by molar-refractivity contribution is 5.26. The van der Waals surface area contributed by atoms with E-state index in [0.29, 0.717) is 5.92 Å². The number of aliphatic hydroxyl groups is 1. The number of benzene rings is 1. The summed E-state index contributed by atoms with van der Waals surface area (Å²) >= 11 is 0. The Bertz CT molecular complexity index is 328. The van der Waals surface area contributed by atoms with Crippen LogP contribution in [0.1, 0.15) is 62.5 Å². The van der Waals surface area contributed by atoms with Gasteiger partial charge in [-0.05, 0) is 36.8 Å². The van der Waals surface area contributed by atoms with Crippen molar-refractivity contribution >= 4 is 0 Å². The van der Waals surface area contributed by atoms with Crippen LogP contribution >= 0.6 is 0 Å². The Morgan fingerprint density at radius 2 is 1.82 bits per heavy atom. The van der Waals surface area contributed by atoms with Crippen LogP contribution in [0.3, 0.4) is 0 Å². The monoisotopic (exact) mass is 232 g/mol. The van der Waals surface area contributed by atoms with Gasteiger partial charge in [0.2, 0.25) is 0 Å². The van der Waals surface area contributed by atoms with Crippen molar-refractivity contribution in [1.82, 2.24) is 0 Å². The van der Waals surface area contributed by atoms with Gasteiger partial charge in [0.25, 0.3) is 0 Å². The molecule has 1 fully saturated rings. The zero-order chi connectivity index (χ0) is 12.1. The number of aryl methyl sites for hydroxylation is 1. The van der Waals surface area contributed by atoms with Crippen LogP contribution in [-0.4, -0.2) is 11.2 Å².